The second-order valence-electron chi connectivity index (χ2n) is 5.83. The molecule has 7 heteroatoms. The van der Waals surface area contributed by atoms with E-state index in [2.05, 4.69) is 5.10 Å². The monoisotopic (exact) mass is 329 g/mol. The number of hydrogen-bond donors (Lipinski definition) is 1. The minimum atomic E-state index is -1.05. The van der Waals surface area contributed by atoms with Crippen molar-refractivity contribution in [3.63, 3.8) is 0 Å². The van der Waals surface area contributed by atoms with Gasteiger partial charge in [0.25, 0.3) is 5.91 Å². The summed E-state index contributed by atoms with van der Waals surface area (Å²) in [5.74, 6) is -1.24. The van der Waals surface area contributed by atoms with Crippen molar-refractivity contribution in [2.45, 2.75) is 20.0 Å². The van der Waals surface area contributed by atoms with Gasteiger partial charge in [-0.1, -0.05) is 0 Å². The van der Waals surface area contributed by atoms with Crippen LogP contribution < -0.4 is 0 Å². The molecule has 0 saturated carbocycles. The van der Waals surface area contributed by atoms with Gasteiger partial charge < -0.3 is 14.7 Å². The van der Waals surface area contributed by atoms with Gasteiger partial charge in [0.05, 0.1) is 24.5 Å². The van der Waals surface area contributed by atoms with E-state index in [1.165, 1.54) is 4.90 Å². The van der Waals surface area contributed by atoms with Crippen LogP contribution in [-0.4, -0.2) is 57.5 Å². The van der Waals surface area contributed by atoms with Crippen molar-refractivity contribution in [2.24, 2.45) is 0 Å². The fourth-order valence-electron chi connectivity index (χ4n) is 2.80. The molecule has 1 N–H and O–H groups in total. The second-order valence-corrected chi connectivity index (χ2v) is 5.83. The molecule has 2 heterocycles. The third-order valence-corrected chi connectivity index (χ3v) is 4.00. The Morgan fingerprint density at radius 2 is 1.96 bits per heavy atom. The molecule has 1 unspecified atom stereocenters. The number of carbonyl (C=O) groups excluding carboxylic acids is 1. The number of aliphatic carboxylic acids is 1. The minimum Gasteiger partial charge on any atom is -0.479 e. The zero-order valence-corrected chi connectivity index (χ0v) is 13.6. The summed E-state index contributed by atoms with van der Waals surface area (Å²) >= 11 is 0. The SMILES string of the molecule is Cc1cc(C)n(-c2ccc(C(=O)N3CCOC(C(=O)O)C3)cc2)n1. The average Bonchev–Trinajstić information content (AvgIpc) is 2.93. The number of aryl methyl sites for hydroxylation is 2. The number of aromatic nitrogens is 2. The molecule has 1 fully saturated rings. The Bertz CT molecular complexity index is 767. The van der Waals surface area contributed by atoms with Gasteiger partial charge in [0.2, 0.25) is 0 Å². The van der Waals surface area contributed by atoms with Gasteiger partial charge in [0.1, 0.15) is 0 Å². The van der Waals surface area contributed by atoms with Crippen LogP contribution in [0, 0.1) is 13.8 Å². The van der Waals surface area contributed by atoms with Crippen LogP contribution in [0.1, 0.15) is 21.7 Å². The minimum absolute atomic E-state index is 0.0629. The molecule has 24 heavy (non-hydrogen) atoms. The number of hydrogen-bond acceptors (Lipinski definition) is 4. The van der Waals surface area contributed by atoms with E-state index in [0.29, 0.717) is 12.1 Å². The summed E-state index contributed by atoms with van der Waals surface area (Å²) in [7, 11) is 0. The molecular formula is C17H19N3O4. The number of carboxylic acids is 1. The van der Waals surface area contributed by atoms with E-state index in [1.54, 1.807) is 12.1 Å². The lowest BCUT2D eigenvalue weighted by atomic mass is 10.1. The van der Waals surface area contributed by atoms with Crippen LogP contribution in [0.4, 0.5) is 0 Å². The van der Waals surface area contributed by atoms with Crippen LogP contribution in [0.15, 0.2) is 30.3 Å². The third-order valence-electron chi connectivity index (χ3n) is 4.00. The molecule has 1 aromatic heterocycles. The van der Waals surface area contributed by atoms with Gasteiger partial charge in [0.15, 0.2) is 6.10 Å². The number of amides is 1. The molecule has 0 radical (unpaired) electrons. The van der Waals surface area contributed by atoms with E-state index in [1.807, 2.05) is 36.7 Å². The highest BCUT2D eigenvalue weighted by Gasteiger charge is 2.29. The zero-order valence-electron chi connectivity index (χ0n) is 13.6. The fraction of sp³-hybridized carbons (Fsp3) is 0.353. The lowest BCUT2D eigenvalue weighted by Gasteiger charge is -2.30. The lowest BCUT2D eigenvalue weighted by molar-refractivity contribution is -0.154. The summed E-state index contributed by atoms with van der Waals surface area (Å²) in [6, 6.07) is 9.13. The Morgan fingerprint density at radius 1 is 1.25 bits per heavy atom. The maximum Gasteiger partial charge on any atom is 0.334 e. The molecule has 1 aromatic carbocycles. The van der Waals surface area contributed by atoms with Crippen LogP contribution in [-0.2, 0) is 9.53 Å². The molecule has 0 bridgehead atoms. The van der Waals surface area contributed by atoms with Crippen LogP contribution >= 0.6 is 0 Å². The summed E-state index contributed by atoms with van der Waals surface area (Å²) in [5.41, 5.74) is 3.35. The Morgan fingerprint density at radius 3 is 2.54 bits per heavy atom. The van der Waals surface area contributed by atoms with Crippen molar-refractivity contribution in [1.82, 2.24) is 14.7 Å². The quantitative estimate of drug-likeness (QED) is 0.920. The molecule has 1 aliphatic rings. The number of carboxylic acid groups (broad SMARTS) is 1. The third kappa shape index (κ3) is 3.16. The predicted molar refractivity (Wildman–Crippen MR) is 86.3 cm³/mol. The first kappa shape index (κ1) is 16.2. The number of benzene rings is 1. The fourth-order valence-corrected chi connectivity index (χ4v) is 2.80. The highest BCUT2D eigenvalue weighted by Crippen LogP contribution is 2.15. The van der Waals surface area contributed by atoms with Crippen LogP contribution in [0.25, 0.3) is 5.69 Å². The summed E-state index contributed by atoms with van der Waals surface area (Å²) < 4.78 is 6.96. The molecule has 126 valence electrons. The maximum atomic E-state index is 12.5. The van der Waals surface area contributed by atoms with Gasteiger partial charge in [-0.05, 0) is 44.2 Å². The van der Waals surface area contributed by atoms with Gasteiger partial charge in [-0.2, -0.15) is 5.10 Å². The molecule has 1 aliphatic heterocycles. The molecule has 7 nitrogen and oxygen atoms in total. The zero-order chi connectivity index (χ0) is 17.3. The van der Waals surface area contributed by atoms with E-state index < -0.39 is 12.1 Å². The number of rotatable bonds is 3. The molecule has 1 saturated heterocycles. The van der Waals surface area contributed by atoms with Crippen molar-refractivity contribution < 1.29 is 19.4 Å². The summed E-state index contributed by atoms with van der Waals surface area (Å²) in [5, 5.41) is 13.4. The molecule has 1 atom stereocenters. The van der Waals surface area contributed by atoms with Crippen molar-refractivity contribution in [1.29, 1.82) is 0 Å². The Labute approximate surface area is 139 Å². The molecule has 0 aliphatic carbocycles. The maximum absolute atomic E-state index is 12.5. The summed E-state index contributed by atoms with van der Waals surface area (Å²) in [6.45, 7) is 4.58. The highest BCUT2D eigenvalue weighted by molar-refractivity contribution is 5.94. The number of nitrogens with zero attached hydrogens (tertiary/aromatic N) is 3. The standard InChI is InChI=1S/C17H19N3O4/c1-11-9-12(2)20(18-11)14-5-3-13(4-6-14)16(21)19-7-8-24-15(10-19)17(22)23/h3-6,9,15H,7-8,10H2,1-2H3,(H,22,23). The van der Waals surface area contributed by atoms with Gasteiger partial charge in [-0.3, -0.25) is 4.79 Å². The number of morpholine rings is 1. The molecule has 3 rings (SSSR count). The van der Waals surface area contributed by atoms with Gasteiger partial charge >= 0.3 is 5.97 Å². The van der Waals surface area contributed by atoms with Gasteiger partial charge in [-0.25, -0.2) is 9.48 Å². The van der Waals surface area contributed by atoms with Crippen molar-refractivity contribution in [2.75, 3.05) is 19.7 Å². The predicted octanol–water partition coefficient (Wildman–Crippen LogP) is 1.41. The Hall–Kier alpha value is -2.67. The smallest absolute Gasteiger partial charge is 0.334 e. The van der Waals surface area contributed by atoms with E-state index in [4.69, 9.17) is 9.84 Å². The van der Waals surface area contributed by atoms with E-state index in [-0.39, 0.29) is 19.1 Å². The number of carbonyl (C=O) groups is 2. The second kappa shape index (κ2) is 6.45. The summed E-state index contributed by atoms with van der Waals surface area (Å²) in [6.07, 6.45) is -0.961. The first-order valence-electron chi connectivity index (χ1n) is 7.73. The Balaban J connectivity index is 1.76. The summed E-state index contributed by atoms with van der Waals surface area (Å²) in [4.78, 5) is 25.1. The van der Waals surface area contributed by atoms with E-state index >= 15 is 0 Å². The van der Waals surface area contributed by atoms with Crippen LogP contribution in [0.5, 0.6) is 0 Å². The van der Waals surface area contributed by atoms with Crippen LogP contribution in [0.3, 0.4) is 0 Å². The molecular weight excluding hydrogens is 310 g/mol. The average molecular weight is 329 g/mol. The van der Waals surface area contributed by atoms with E-state index in [9.17, 15) is 9.59 Å². The molecule has 0 spiro atoms. The van der Waals surface area contributed by atoms with Gasteiger partial charge in [0, 0.05) is 17.8 Å². The first-order chi connectivity index (χ1) is 11.5. The largest absolute Gasteiger partial charge is 0.479 e. The van der Waals surface area contributed by atoms with Gasteiger partial charge in [-0.15, -0.1) is 0 Å². The molecule has 1 amide bonds. The number of ether oxygens (including phenoxy) is 1. The molecule has 2 aromatic rings. The van der Waals surface area contributed by atoms with Crippen molar-refractivity contribution in [3.8, 4) is 5.69 Å². The van der Waals surface area contributed by atoms with Crippen molar-refractivity contribution in [3.05, 3.63) is 47.3 Å². The normalized spacial score (nSPS) is 17.8. The van der Waals surface area contributed by atoms with E-state index in [0.717, 1.165) is 17.1 Å². The first-order valence-corrected chi connectivity index (χ1v) is 7.73. The lowest BCUT2D eigenvalue weighted by Crippen LogP contribution is -2.48. The Kier molecular flexibility index (Phi) is 4.35. The topological polar surface area (TPSA) is 84.7 Å². The highest BCUT2D eigenvalue weighted by atomic mass is 16.5. The van der Waals surface area contributed by atoms with Crippen molar-refractivity contribution >= 4 is 11.9 Å². The van der Waals surface area contributed by atoms with Crippen LogP contribution in [0.2, 0.25) is 0 Å².